The average molecular weight is 262 g/mol. The molecule has 4 heteroatoms. The standard InChI is InChI=1S/C10H10BrF2N/c11-10-8(6-1-2-14-5-6)3-7(12)4-9(10)13/h3-4,6,14H,1-2,5H2. The molecule has 0 amide bonds. The molecule has 0 aliphatic carbocycles. The van der Waals surface area contributed by atoms with E-state index in [2.05, 4.69) is 21.2 Å². The first-order chi connectivity index (χ1) is 6.68. The second-order valence-electron chi connectivity index (χ2n) is 3.48. The lowest BCUT2D eigenvalue weighted by Crippen LogP contribution is -2.08. The lowest BCUT2D eigenvalue weighted by molar-refractivity contribution is 0.569. The van der Waals surface area contributed by atoms with Gasteiger partial charge < -0.3 is 5.32 Å². The van der Waals surface area contributed by atoms with Crippen molar-refractivity contribution < 1.29 is 8.78 Å². The van der Waals surface area contributed by atoms with E-state index in [1.54, 1.807) is 0 Å². The van der Waals surface area contributed by atoms with Crippen LogP contribution in [0.5, 0.6) is 0 Å². The van der Waals surface area contributed by atoms with Crippen molar-refractivity contribution in [3.8, 4) is 0 Å². The van der Waals surface area contributed by atoms with Gasteiger partial charge in [0.1, 0.15) is 11.6 Å². The molecule has 0 radical (unpaired) electrons. The molecule has 1 aromatic carbocycles. The van der Waals surface area contributed by atoms with Crippen molar-refractivity contribution in [1.29, 1.82) is 0 Å². The smallest absolute Gasteiger partial charge is 0.140 e. The maximum absolute atomic E-state index is 13.2. The largest absolute Gasteiger partial charge is 0.316 e. The minimum absolute atomic E-state index is 0.217. The van der Waals surface area contributed by atoms with E-state index in [1.165, 1.54) is 6.07 Å². The first-order valence-corrected chi connectivity index (χ1v) is 5.33. The van der Waals surface area contributed by atoms with E-state index in [4.69, 9.17) is 0 Å². The van der Waals surface area contributed by atoms with Crippen molar-refractivity contribution in [2.24, 2.45) is 0 Å². The Bertz CT molecular complexity index is 348. The molecule has 0 aromatic heterocycles. The van der Waals surface area contributed by atoms with Crippen LogP contribution in [0.3, 0.4) is 0 Å². The molecule has 1 aliphatic rings. The van der Waals surface area contributed by atoms with Crippen molar-refractivity contribution in [3.63, 3.8) is 0 Å². The van der Waals surface area contributed by atoms with Gasteiger partial charge in [0.15, 0.2) is 0 Å². The normalized spacial score (nSPS) is 21.5. The van der Waals surface area contributed by atoms with Crippen LogP contribution in [-0.4, -0.2) is 13.1 Å². The van der Waals surface area contributed by atoms with E-state index in [9.17, 15) is 8.78 Å². The monoisotopic (exact) mass is 261 g/mol. The highest BCUT2D eigenvalue weighted by Gasteiger charge is 2.21. The zero-order valence-electron chi connectivity index (χ0n) is 7.49. The quantitative estimate of drug-likeness (QED) is 0.767. The van der Waals surface area contributed by atoms with Gasteiger partial charge in [0, 0.05) is 12.6 Å². The minimum atomic E-state index is -0.521. The lowest BCUT2D eigenvalue weighted by Gasteiger charge is -2.11. The molecule has 1 nitrogen and oxygen atoms in total. The van der Waals surface area contributed by atoms with Gasteiger partial charge in [-0.15, -0.1) is 0 Å². The summed E-state index contributed by atoms with van der Waals surface area (Å²) in [5.74, 6) is -0.811. The van der Waals surface area contributed by atoms with Gasteiger partial charge in [0.2, 0.25) is 0 Å². The van der Waals surface area contributed by atoms with Crippen molar-refractivity contribution in [3.05, 3.63) is 33.8 Å². The van der Waals surface area contributed by atoms with Crippen LogP contribution in [0, 0.1) is 11.6 Å². The maximum Gasteiger partial charge on any atom is 0.140 e. The van der Waals surface area contributed by atoms with E-state index in [1.807, 2.05) is 0 Å². The number of halogens is 3. The van der Waals surface area contributed by atoms with Gasteiger partial charge in [-0.3, -0.25) is 0 Å². The number of rotatable bonds is 1. The zero-order chi connectivity index (χ0) is 10.1. The Morgan fingerprint density at radius 3 is 2.79 bits per heavy atom. The molecule has 14 heavy (non-hydrogen) atoms. The minimum Gasteiger partial charge on any atom is -0.316 e. The van der Waals surface area contributed by atoms with Gasteiger partial charge in [0.25, 0.3) is 0 Å². The Balaban J connectivity index is 2.40. The molecule has 1 heterocycles. The maximum atomic E-state index is 13.2. The van der Waals surface area contributed by atoms with Gasteiger partial charge in [-0.05, 0) is 46.4 Å². The molecule has 0 saturated carbocycles. The Kier molecular flexibility index (Phi) is 2.83. The van der Waals surface area contributed by atoms with Gasteiger partial charge >= 0.3 is 0 Å². The summed E-state index contributed by atoms with van der Waals surface area (Å²) in [6, 6.07) is 2.31. The molecule has 0 spiro atoms. The molecule has 2 rings (SSSR count). The van der Waals surface area contributed by atoms with Crippen LogP contribution >= 0.6 is 15.9 Å². The fourth-order valence-electron chi connectivity index (χ4n) is 1.79. The van der Waals surface area contributed by atoms with E-state index in [0.29, 0.717) is 4.47 Å². The molecular formula is C10H10BrF2N. The second-order valence-corrected chi connectivity index (χ2v) is 4.27. The summed E-state index contributed by atoms with van der Waals surface area (Å²) in [5, 5.41) is 3.17. The molecule has 0 bridgehead atoms. The van der Waals surface area contributed by atoms with Gasteiger partial charge in [-0.25, -0.2) is 8.78 Å². The van der Waals surface area contributed by atoms with E-state index < -0.39 is 11.6 Å². The number of hydrogen-bond donors (Lipinski definition) is 1. The molecule has 1 atom stereocenters. The van der Waals surface area contributed by atoms with Crippen molar-refractivity contribution >= 4 is 15.9 Å². The Morgan fingerprint density at radius 1 is 1.36 bits per heavy atom. The summed E-state index contributed by atoms with van der Waals surface area (Å²) in [7, 11) is 0. The third-order valence-corrected chi connectivity index (χ3v) is 3.36. The molecule has 1 aromatic rings. The van der Waals surface area contributed by atoms with Gasteiger partial charge in [0.05, 0.1) is 4.47 Å². The SMILES string of the molecule is Fc1cc(F)c(Br)c(C2CCNC2)c1. The van der Waals surface area contributed by atoms with Crippen LogP contribution in [0.1, 0.15) is 17.9 Å². The summed E-state index contributed by atoms with van der Waals surface area (Å²) in [4.78, 5) is 0. The average Bonchev–Trinajstić information content (AvgIpc) is 2.63. The van der Waals surface area contributed by atoms with Crippen LogP contribution in [0.25, 0.3) is 0 Å². The van der Waals surface area contributed by atoms with E-state index >= 15 is 0 Å². The molecule has 1 N–H and O–H groups in total. The fourth-order valence-corrected chi connectivity index (χ4v) is 2.35. The third-order valence-electron chi connectivity index (χ3n) is 2.52. The summed E-state index contributed by atoms with van der Waals surface area (Å²) in [5.41, 5.74) is 0.729. The highest BCUT2D eigenvalue weighted by atomic mass is 79.9. The van der Waals surface area contributed by atoms with E-state index in [-0.39, 0.29) is 5.92 Å². The molecule has 1 aliphatic heterocycles. The van der Waals surface area contributed by atoms with Crippen LogP contribution in [-0.2, 0) is 0 Å². The summed E-state index contributed by atoms with van der Waals surface area (Å²) in [6.45, 7) is 1.71. The Hall–Kier alpha value is -0.480. The topological polar surface area (TPSA) is 12.0 Å². The second kappa shape index (κ2) is 3.95. The van der Waals surface area contributed by atoms with Crippen molar-refractivity contribution in [2.45, 2.75) is 12.3 Å². The zero-order valence-corrected chi connectivity index (χ0v) is 9.07. The molecule has 76 valence electrons. The first kappa shape index (κ1) is 10.1. The highest BCUT2D eigenvalue weighted by molar-refractivity contribution is 9.10. The van der Waals surface area contributed by atoms with Crippen LogP contribution < -0.4 is 5.32 Å². The summed E-state index contributed by atoms with van der Waals surface area (Å²) < 4.78 is 26.6. The van der Waals surface area contributed by atoms with Gasteiger partial charge in [-0.2, -0.15) is 0 Å². The summed E-state index contributed by atoms with van der Waals surface area (Å²) >= 11 is 3.15. The predicted molar refractivity (Wildman–Crippen MR) is 54.3 cm³/mol. The van der Waals surface area contributed by atoms with Crippen LogP contribution in [0.2, 0.25) is 0 Å². The first-order valence-electron chi connectivity index (χ1n) is 4.53. The molecule has 1 unspecified atom stereocenters. The molecular weight excluding hydrogens is 252 g/mol. The van der Waals surface area contributed by atoms with E-state index in [0.717, 1.165) is 31.1 Å². The molecule has 1 saturated heterocycles. The summed E-state index contributed by atoms with van der Waals surface area (Å²) in [6.07, 6.45) is 0.932. The Morgan fingerprint density at radius 2 is 2.14 bits per heavy atom. The Labute approximate surface area is 89.6 Å². The number of nitrogens with one attached hydrogen (secondary N) is 1. The van der Waals surface area contributed by atoms with Gasteiger partial charge in [-0.1, -0.05) is 0 Å². The molecule has 1 fully saturated rings. The highest BCUT2D eigenvalue weighted by Crippen LogP contribution is 2.31. The predicted octanol–water partition coefficient (Wildman–Crippen LogP) is 2.80. The third kappa shape index (κ3) is 1.81. The van der Waals surface area contributed by atoms with Crippen LogP contribution in [0.4, 0.5) is 8.78 Å². The van der Waals surface area contributed by atoms with Crippen LogP contribution in [0.15, 0.2) is 16.6 Å². The number of benzene rings is 1. The fraction of sp³-hybridized carbons (Fsp3) is 0.400. The van der Waals surface area contributed by atoms with Crippen molar-refractivity contribution in [2.75, 3.05) is 13.1 Å². The lowest BCUT2D eigenvalue weighted by atomic mass is 9.98. The number of hydrogen-bond acceptors (Lipinski definition) is 1. The van der Waals surface area contributed by atoms with Crippen molar-refractivity contribution in [1.82, 2.24) is 5.32 Å².